The first-order chi connectivity index (χ1) is 11.7. The van der Waals surface area contributed by atoms with E-state index in [2.05, 4.69) is 6.92 Å². The van der Waals surface area contributed by atoms with Crippen molar-refractivity contribution < 1.29 is 27.5 Å². The van der Waals surface area contributed by atoms with Crippen molar-refractivity contribution in [2.45, 2.75) is 32.9 Å². The molecule has 1 aliphatic heterocycles. The van der Waals surface area contributed by atoms with Gasteiger partial charge in [-0.15, -0.1) is 0 Å². The lowest BCUT2D eigenvalue weighted by molar-refractivity contribution is -0.167. The molecule has 1 saturated heterocycles. The zero-order chi connectivity index (χ0) is 18.6. The highest BCUT2D eigenvalue weighted by Crippen LogP contribution is 2.30. The highest BCUT2D eigenvalue weighted by Gasteiger charge is 2.38. The second-order valence-corrected chi connectivity index (χ2v) is 6.07. The molecule has 0 aliphatic carbocycles. The Morgan fingerprint density at radius 2 is 1.92 bits per heavy atom. The molecule has 0 bridgehead atoms. The van der Waals surface area contributed by atoms with Gasteiger partial charge in [-0.2, -0.15) is 13.2 Å². The molecule has 2 rings (SSSR count). The van der Waals surface area contributed by atoms with Crippen molar-refractivity contribution in [1.82, 2.24) is 0 Å². The van der Waals surface area contributed by atoms with Crippen molar-refractivity contribution in [2.24, 2.45) is 5.92 Å². The predicted molar refractivity (Wildman–Crippen MR) is 87.7 cm³/mol. The van der Waals surface area contributed by atoms with Gasteiger partial charge in [-0.25, -0.2) is 4.79 Å². The van der Waals surface area contributed by atoms with E-state index in [1.165, 1.54) is 12.1 Å². The molecule has 1 N–H and O–H groups in total. The summed E-state index contributed by atoms with van der Waals surface area (Å²) < 4.78 is 42.2. The Balaban J connectivity index is 2.30. The van der Waals surface area contributed by atoms with Crippen LogP contribution in [0.2, 0.25) is 0 Å². The second kappa shape index (κ2) is 7.76. The van der Waals surface area contributed by atoms with Gasteiger partial charge in [0, 0.05) is 18.8 Å². The summed E-state index contributed by atoms with van der Waals surface area (Å²) in [5.41, 5.74) is 0.659. The van der Waals surface area contributed by atoms with Gasteiger partial charge in [-0.05, 0) is 43.9 Å². The van der Waals surface area contributed by atoms with Gasteiger partial charge in [0.1, 0.15) is 0 Å². The molecule has 1 heterocycles. The molecule has 0 aromatic heterocycles. The van der Waals surface area contributed by atoms with E-state index in [9.17, 15) is 22.8 Å². The molecule has 0 unspecified atom stereocenters. The van der Waals surface area contributed by atoms with Gasteiger partial charge in [0.25, 0.3) is 0 Å². The summed E-state index contributed by atoms with van der Waals surface area (Å²) in [5, 5.41) is 1.77. The van der Waals surface area contributed by atoms with Gasteiger partial charge in [-0.1, -0.05) is 6.92 Å². The van der Waals surface area contributed by atoms with E-state index < -0.39 is 18.1 Å². The lowest BCUT2D eigenvalue weighted by Gasteiger charge is -2.33. The second-order valence-electron chi connectivity index (χ2n) is 6.07. The van der Waals surface area contributed by atoms with Gasteiger partial charge in [0.15, 0.2) is 0 Å². The van der Waals surface area contributed by atoms with E-state index in [0.717, 1.165) is 25.9 Å². The van der Waals surface area contributed by atoms with Crippen LogP contribution in [0.5, 0.6) is 0 Å². The fourth-order valence-electron chi connectivity index (χ4n) is 2.71. The van der Waals surface area contributed by atoms with E-state index in [0.29, 0.717) is 11.6 Å². The van der Waals surface area contributed by atoms with E-state index in [1.54, 1.807) is 18.3 Å². The van der Waals surface area contributed by atoms with E-state index in [-0.39, 0.29) is 17.9 Å². The third-order valence-electron chi connectivity index (χ3n) is 4.13. The van der Waals surface area contributed by atoms with E-state index in [1.807, 2.05) is 4.90 Å². The third kappa shape index (κ3) is 4.87. The Hall–Kier alpha value is -2.25. The molecular weight excluding hydrogens is 337 g/mol. The number of nitrogens with one attached hydrogen (secondary N) is 1. The SMILES string of the molecule is CCOC(=O)c1cc(NC(=O)C(F)(F)F)ccc1N1CCC(C)CC1. The van der Waals surface area contributed by atoms with Crippen LogP contribution in [0.1, 0.15) is 37.0 Å². The quantitative estimate of drug-likeness (QED) is 0.836. The summed E-state index contributed by atoms with van der Waals surface area (Å²) in [6, 6.07) is 4.14. The standard InChI is InChI=1S/C17H21F3N2O3/c1-3-25-15(23)13-10-12(21-16(24)17(18,19)20)4-5-14(13)22-8-6-11(2)7-9-22/h4-5,10-11H,3,6-9H2,1-2H3,(H,21,24). The van der Waals surface area contributed by atoms with Crippen LogP contribution in [0.25, 0.3) is 0 Å². The number of anilines is 2. The molecule has 8 heteroatoms. The molecule has 0 atom stereocenters. The summed E-state index contributed by atoms with van der Waals surface area (Å²) in [5.74, 6) is -2.12. The maximum absolute atomic E-state index is 12.4. The summed E-state index contributed by atoms with van der Waals surface area (Å²) >= 11 is 0. The summed E-state index contributed by atoms with van der Waals surface area (Å²) in [4.78, 5) is 25.3. The minimum absolute atomic E-state index is 0.0977. The lowest BCUT2D eigenvalue weighted by atomic mass is 9.98. The van der Waals surface area contributed by atoms with Crippen LogP contribution >= 0.6 is 0 Å². The maximum Gasteiger partial charge on any atom is 0.471 e. The molecule has 0 saturated carbocycles. The number of rotatable bonds is 4. The molecule has 1 fully saturated rings. The van der Waals surface area contributed by atoms with Crippen LogP contribution in [-0.2, 0) is 9.53 Å². The maximum atomic E-state index is 12.4. The minimum Gasteiger partial charge on any atom is -0.462 e. The fourth-order valence-corrected chi connectivity index (χ4v) is 2.71. The normalized spacial score (nSPS) is 15.8. The van der Waals surface area contributed by atoms with Crippen LogP contribution in [0, 0.1) is 5.92 Å². The number of piperidine rings is 1. The number of ether oxygens (including phenoxy) is 1. The number of halogens is 3. The monoisotopic (exact) mass is 358 g/mol. The topological polar surface area (TPSA) is 58.6 Å². The first kappa shape index (κ1) is 19.1. The van der Waals surface area contributed by atoms with Crippen molar-refractivity contribution in [2.75, 3.05) is 29.9 Å². The summed E-state index contributed by atoms with van der Waals surface area (Å²) in [7, 11) is 0. The number of carbonyl (C=O) groups is 2. The largest absolute Gasteiger partial charge is 0.471 e. The van der Waals surface area contributed by atoms with Crippen LogP contribution in [0.3, 0.4) is 0 Å². The molecule has 5 nitrogen and oxygen atoms in total. The Morgan fingerprint density at radius 3 is 2.48 bits per heavy atom. The molecule has 25 heavy (non-hydrogen) atoms. The molecule has 0 radical (unpaired) electrons. The Morgan fingerprint density at radius 1 is 1.28 bits per heavy atom. The molecule has 0 spiro atoms. The van der Waals surface area contributed by atoms with Crippen LogP contribution < -0.4 is 10.2 Å². The highest BCUT2D eigenvalue weighted by molar-refractivity contribution is 6.00. The fraction of sp³-hybridized carbons (Fsp3) is 0.529. The van der Waals surface area contributed by atoms with E-state index in [4.69, 9.17) is 4.74 Å². The van der Waals surface area contributed by atoms with Gasteiger partial charge < -0.3 is 15.0 Å². The number of carbonyl (C=O) groups excluding carboxylic acids is 2. The third-order valence-corrected chi connectivity index (χ3v) is 4.13. The smallest absolute Gasteiger partial charge is 0.462 e. The number of esters is 1. The number of alkyl halides is 3. The molecule has 1 aliphatic rings. The molecular formula is C17H21F3N2O3. The Kier molecular flexibility index (Phi) is 5.92. The molecule has 1 aromatic rings. The highest BCUT2D eigenvalue weighted by atomic mass is 19.4. The Bertz CT molecular complexity index is 639. The number of nitrogens with zero attached hydrogens (tertiary/aromatic N) is 1. The lowest BCUT2D eigenvalue weighted by Crippen LogP contribution is -2.34. The van der Waals surface area contributed by atoms with E-state index >= 15 is 0 Å². The average molecular weight is 358 g/mol. The van der Waals surface area contributed by atoms with Gasteiger partial charge in [0.2, 0.25) is 0 Å². The number of hydrogen-bond acceptors (Lipinski definition) is 4. The first-order valence-corrected chi connectivity index (χ1v) is 8.16. The zero-order valence-corrected chi connectivity index (χ0v) is 14.2. The van der Waals surface area contributed by atoms with Crippen molar-refractivity contribution in [3.8, 4) is 0 Å². The van der Waals surface area contributed by atoms with Crippen LogP contribution in [0.15, 0.2) is 18.2 Å². The molecule has 1 amide bonds. The van der Waals surface area contributed by atoms with Gasteiger partial charge in [0.05, 0.1) is 17.9 Å². The van der Waals surface area contributed by atoms with Crippen LogP contribution in [-0.4, -0.2) is 37.7 Å². The van der Waals surface area contributed by atoms with Crippen molar-refractivity contribution in [3.63, 3.8) is 0 Å². The summed E-state index contributed by atoms with van der Waals surface area (Å²) in [6.07, 6.45) is -3.06. The Labute approximate surface area is 144 Å². The van der Waals surface area contributed by atoms with Crippen molar-refractivity contribution in [3.05, 3.63) is 23.8 Å². The first-order valence-electron chi connectivity index (χ1n) is 8.16. The van der Waals surface area contributed by atoms with Crippen molar-refractivity contribution in [1.29, 1.82) is 0 Å². The number of benzene rings is 1. The van der Waals surface area contributed by atoms with Gasteiger partial charge in [-0.3, -0.25) is 4.79 Å². The van der Waals surface area contributed by atoms with Crippen molar-refractivity contribution >= 4 is 23.3 Å². The minimum atomic E-state index is -4.99. The zero-order valence-electron chi connectivity index (χ0n) is 14.2. The number of amides is 1. The molecule has 1 aromatic carbocycles. The van der Waals surface area contributed by atoms with Crippen LogP contribution in [0.4, 0.5) is 24.5 Å². The summed E-state index contributed by atoms with van der Waals surface area (Å²) in [6.45, 7) is 5.45. The average Bonchev–Trinajstić information content (AvgIpc) is 2.55. The number of hydrogen-bond donors (Lipinski definition) is 1. The molecule has 138 valence electrons. The van der Waals surface area contributed by atoms with Gasteiger partial charge >= 0.3 is 18.1 Å². The predicted octanol–water partition coefficient (Wildman–Crippen LogP) is 3.60.